The van der Waals surface area contributed by atoms with E-state index in [0.29, 0.717) is 6.54 Å². The number of thiophene rings is 1. The van der Waals surface area contributed by atoms with E-state index in [0.717, 1.165) is 45.3 Å². The quantitative estimate of drug-likeness (QED) is 0.914. The van der Waals surface area contributed by atoms with Gasteiger partial charge in [0.1, 0.15) is 0 Å². The molecule has 1 atom stereocenters. The number of rotatable bonds is 4. The van der Waals surface area contributed by atoms with Crippen LogP contribution in [0.1, 0.15) is 36.6 Å². The van der Waals surface area contributed by atoms with E-state index in [1.807, 2.05) is 0 Å². The predicted octanol–water partition coefficient (Wildman–Crippen LogP) is 1.87. The monoisotopic (exact) mass is 335 g/mol. The topological polar surface area (TPSA) is 52.7 Å². The first-order chi connectivity index (χ1) is 11.2. The van der Waals surface area contributed by atoms with Gasteiger partial charge in [0.2, 0.25) is 11.8 Å². The van der Waals surface area contributed by atoms with Crippen molar-refractivity contribution in [1.82, 2.24) is 15.1 Å². The average molecular weight is 335 g/mol. The van der Waals surface area contributed by atoms with Gasteiger partial charge in [-0.15, -0.1) is 11.3 Å². The van der Waals surface area contributed by atoms with Crippen molar-refractivity contribution in [3.8, 4) is 0 Å². The van der Waals surface area contributed by atoms with Crippen molar-refractivity contribution in [3.63, 3.8) is 0 Å². The molecule has 2 amide bonds. The van der Waals surface area contributed by atoms with E-state index < -0.39 is 0 Å². The van der Waals surface area contributed by atoms with Crippen LogP contribution in [0.25, 0.3) is 0 Å². The Kier molecular flexibility index (Phi) is 5.33. The summed E-state index contributed by atoms with van der Waals surface area (Å²) in [5, 5.41) is 4.81. The van der Waals surface area contributed by atoms with Gasteiger partial charge in [-0.05, 0) is 50.2 Å². The molecule has 1 N–H and O–H groups in total. The summed E-state index contributed by atoms with van der Waals surface area (Å²) in [4.78, 5) is 29.9. The number of hydrogen-bond donors (Lipinski definition) is 1. The Hall–Kier alpha value is -1.40. The largest absolute Gasteiger partial charge is 0.359 e. The molecule has 126 valence electrons. The number of amides is 2. The molecule has 0 radical (unpaired) electrons. The number of carbonyl (C=O) groups is 2. The van der Waals surface area contributed by atoms with E-state index in [1.54, 1.807) is 18.4 Å². The van der Waals surface area contributed by atoms with Crippen LogP contribution in [0.15, 0.2) is 17.5 Å². The number of likely N-dealkylation sites (tertiary alicyclic amines) is 2. The first-order valence-corrected chi connectivity index (χ1v) is 9.34. The van der Waals surface area contributed by atoms with Crippen molar-refractivity contribution >= 4 is 23.2 Å². The Morgan fingerprint density at radius 1 is 1.26 bits per heavy atom. The van der Waals surface area contributed by atoms with Crippen LogP contribution in [0.2, 0.25) is 0 Å². The zero-order valence-corrected chi connectivity index (χ0v) is 14.5. The molecule has 2 saturated heterocycles. The molecule has 23 heavy (non-hydrogen) atoms. The van der Waals surface area contributed by atoms with Crippen molar-refractivity contribution in [2.45, 2.75) is 31.7 Å². The van der Waals surface area contributed by atoms with Crippen LogP contribution >= 0.6 is 11.3 Å². The third-order valence-electron chi connectivity index (χ3n) is 5.01. The lowest BCUT2D eigenvalue weighted by Gasteiger charge is -2.32. The fourth-order valence-corrected chi connectivity index (χ4v) is 4.55. The Labute approximate surface area is 141 Å². The summed E-state index contributed by atoms with van der Waals surface area (Å²) in [5.74, 6) is 0.476. The molecular formula is C17H25N3O2S. The zero-order chi connectivity index (χ0) is 16.2. The molecule has 2 aliphatic heterocycles. The SMILES string of the molecule is CNC(=O)C1CCN(CC(=O)N2CCC[C@H]2c2cccs2)CC1. The van der Waals surface area contributed by atoms with Crippen LogP contribution in [0, 0.1) is 5.92 Å². The van der Waals surface area contributed by atoms with Crippen LogP contribution in [0.3, 0.4) is 0 Å². The number of nitrogens with one attached hydrogen (secondary N) is 1. The molecule has 2 fully saturated rings. The fourth-order valence-electron chi connectivity index (χ4n) is 3.68. The zero-order valence-electron chi connectivity index (χ0n) is 13.7. The van der Waals surface area contributed by atoms with Gasteiger partial charge in [0.15, 0.2) is 0 Å². The van der Waals surface area contributed by atoms with E-state index in [1.165, 1.54) is 4.88 Å². The molecule has 3 heterocycles. The maximum Gasteiger partial charge on any atom is 0.237 e. The molecule has 0 aromatic carbocycles. The first kappa shape index (κ1) is 16.5. The standard InChI is InChI=1S/C17H25N3O2S/c1-18-17(22)13-6-9-19(10-7-13)12-16(21)20-8-2-4-14(20)15-5-3-11-23-15/h3,5,11,13-14H,2,4,6-10,12H2,1H3,(H,18,22)/t14-/m0/s1. The first-order valence-electron chi connectivity index (χ1n) is 8.46. The normalized spacial score (nSPS) is 23.2. The van der Waals surface area contributed by atoms with Crippen molar-refractivity contribution in [2.75, 3.05) is 33.2 Å². The number of nitrogens with zero attached hydrogens (tertiary/aromatic N) is 2. The third kappa shape index (κ3) is 3.75. The number of hydrogen-bond acceptors (Lipinski definition) is 4. The highest BCUT2D eigenvalue weighted by atomic mass is 32.1. The van der Waals surface area contributed by atoms with Gasteiger partial charge in [-0.25, -0.2) is 0 Å². The smallest absolute Gasteiger partial charge is 0.237 e. The van der Waals surface area contributed by atoms with Gasteiger partial charge in [0, 0.05) is 24.4 Å². The summed E-state index contributed by atoms with van der Waals surface area (Å²) in [7, 11) is 1.69. The minimum atomic E-state index is 0.108. The van der Waals surface area contributed by atoms with Gasteiger partial charge in [-0.3, -0.25) is 14.5 Å². The summed E-state index contributed by atoms with van der Waals surface area (Å²) in [6, 6.07) is 4.46. The van der Waals surface area contributed by atoms with Crippen LogP contribution in [-0.4, -0.2) is 54.8 Å². The second kappa shape index (κ2) is 7.45. The summed E-state index contributed by atoms with van der Waals surface area (Å²) < 4.78 is 0. The van der Waals surface area contributed by atoms with Crippen molar-refractivity contribution < 1.29 is 9.59 Å². The van der Waals surface area contributed by atoms with Gasteiger partial charge in [-0.1, -0.05) is 6.07 Å². The van der Waals surface area contributed by atoms with Crippen molar-refractivity contribution in [1.29, 1.82) is 0 Å². The number of carbonyl (C=O) groups excluding carboxylic acids is 2. The summed E-state index contributed by atoms with van der Waals surface area (Å²) >= 11 is 1.74. The lowest BCUT2D eigenvalue weighted by atomic mass is 9.96. The van der Waals surface area contributed by atoms with E-state index >= 15 is 0 Å². The predicted molar refractivity (Wildman–Crippen MR) is 91.2 cm³/mol. The summed E-state index contributed by atoms with van der Waals surface area (Å²) in [6.45, 7) is 3.03. The van der Waals surface area contributed by atoms with Gasteiger partial charge in [-0.2, -0.15) is 0 Å². The van der Waals surface area contributed by atoms with Crippen LogP contribution in [0.4, 0.5) is 0 Å². The third-order valence-corrected chi connectivity index (χ3v) is 5.98. The Balaban J connectivity index is 1.52. The molecule has 0 unspecified atom stereocenters. The van der Waals surface area contributed by atoms with E-state index in [-0.39, 0.29) is 23.8 Å². The lowest BCUT2D eigenvalue weighted by molar-refractivity contribution is -0.133. The van der Waals surface area contributed by atoms with Crippen LogP contribution in [0.5, 0.6) is 0 Å². The Morgan fingerprint density at radius 3 is 2.70 bits per heavy atom. The average Bonchev–Trinajstić information content (AvgIpc) is 3.25. The minimum absolute atomic E-state index is 0.108. The fraction of sp³-hybridized carbons (Fsp3) is 0.647. The minimum Gasteiger partial charge on any atom is -0.359 e. The van der Waals surface area contributed by atoms with Gasteiger partial charge in [0.25, 0.3) is 0 Å². The van der Waals surface area contributed by atoms with Gasteiger partial charge >= 0.3 is 0 Å². The van der Waals surface area contributed by atoms with Crippen molar-refractivity contribution in [2.24, 2.45) is 5.92 Å². The molecule has 1 aromatic rings. The van der Waals surface area contributed by atoms with Gasteiger partial charge < -0.3 is 10.2 Å². The van der Waals surface area contributed by atoms with Crippen molar-refractivity contribution in [3.05, 3.63) is 22.4 Å². The van der Waals surface area contributed by atoms with E-state index in [2.05, 4.69) is 32.6 Å². The second-order valence-corrected chi connectivity index (χ2v) is 7.40. The van der Waals surface area contributed by atoms with Crippen LogP contribution < -0.4 is 5.32 Å². The molecule has 6 heteroatoms. The van der Waals surface area contributed by atoms with E-state index in [9.17, 15) is 9.59 Å². The number of piperidine rings is 1. The summed E-state index contributed by atoms with van der Waals surface area (Å²) in [6.07, 6.45) is 3.86. The maximum atomic E-state index is 12.7. The molecule has 0 aliphatic carbocycles. The molecule has 0 spiro atoms. The molecule has 2 aliphatic rings. The van der Waals surface area contributed by atoms with Crippen LogP contribution in [-0.2, 0) is 9.59 Å². The molecular weight excluding hydrogens is 310 g/mol. The highest BCUT2D eigenvalue weighted by Gasteiger charge is 2.32. The van der Waals surface area contributed by atoms with Gasteiger partial charge in [0.05, 0.1) is 12.6 Å². The molecule has 1 aromatic heterocycles. The lowest BCUT2D eigenvalue weighted by Crippen LogP contribution is -2.45. The summed E-state index contributed by atoms with van der Waals surface area (Å²) in [5.41, 5.74) is 0. The maximum absolute atomic E-state index is 12.7. The molecule has 5 nitrogen and oxygen atoms in total. The Bertz CT molecular complexity index is 538. The van der Waals surface area contributed by atoms with E-state index in [4.69, 9.17) is 0 Å². The highest BCUT2D eigenvalue weighted by Crippen LogP contribution is 2.34. The second-order valence-electron chi connectivity index (χ2n) is 6.43. The Morgan fingerprint density at radius 2 is 2.04 bits per heavy atom. The molecule has 3 rings (SSSR count). The molecule has 0 saturated carbocycles. The molecule has 0 bridgehead atoms. The highest BCUT2D eigenvalue weighted by molar-refractivity contribution is 7.10.